The minimum Gasteiger partial charge on any atom is -0.368 e. The predicted octanol–water partition coefficient (Wildman–Crippen LogP) is 3.34. The van der Waals surface area contributed by atoms with Crippen molar-refractivity contribution < 1.29 is 9.59 Å². The van der Waals surface area contributed by atoms with E-state index in [4.69, 9.17) is 0 Å². The second kappa shape index (κ2) is 7.90. The van der Waals surface area contributed by atoms with Crippen LogP contribution >= 0.6 is 0 Å². The Hall–Kier alpha value is -2.82. The number of amides is 2. The molecule has 2 aliphatic rings. The molecule has 2 heterocycles. The molecule has 0 bridgehead atoms. The van der Waals surface area contributed by atoms with Gasteiger partial charge in [-0.05, 0) is 50.5 Å². The smallest absolute Gasteiger partial charge is 0.242 e. The van der Waals surface area contributed by atoms with Gasteiger partial charge in [0.2, 0.25) is 11.8 Å². The number of rotatable bonds is 3. The van der Waals surface area contributed by atoms with Crippen LogP contribution in [0.4, 0.5) is 11.4 Å². The molecule has 0 spiro atoms. The maximum atomic E-state index is 13.4. The molecule has 0 unspecified atom stereocenters. The standard InChI is InChI=1S/C24H29N3O2/c1-24(2,23(29)27-14-8-10-19-9-6-7-13-21(19)27)22(28)26-17-15-25(16-18-26)20-11-4-3-5-12-20/h3-7,9,11-13H,8,10,14-18H2,1-2H3. The van der Waals surface area contributed by atoms with Crippen LogP contribution in [0.1, 0.15) is 25.8 Å². The molecule has 0 aromatic heterocycles. The van der Waals surface area contributed by atoms with Crippen LogP contribution in [-0.4, -0.2) is 49.4 Å². The van der Waals surface area contributed by atoms with E-state index in [1.54, 1.807) is 13.8 Å². The summed E-state index contributed by atoms with van der Waals surface area (Å²) in [6.07, 6.45) is 1.92. The van der Waals surface area contributed by atoms with E-state index in [2.05, 4.69) is 23.1 Å². The summed E-state index contributed by atoms with van der Waals surface area (Å²) < 4.78 is 0. The molecule has 0 radical (unpaired) electrons. The zero-order chi connectivity index (χ0) is 20.4. The topological polar surface area (TPSA) is 43.9 Å². The lowest BCUT2D eigenvalue weighted by Gasteiger charge is -2.41. The van der Waals surface area contributed by atoms with Crippen LogP contribution in [0.3, 0.4) is 0 Å². The van der Waals surface area contributed by atoms with Crippen LogP contribution < -0.4 is 9.80 Å². The summed E-state index contributed by atoms with van der Waals surface area (Å²) in [4.78, 5) is 32.7. The van der Waals surface area contributed by atoms with Gasteiger partial charge in [-0.25, -0.2) is 0 Å². The molecule has 1 fully saturated rings. The molecule has 5 heteroatoms. The second-order valence-electron chi connectivity index (χ2n) is 8.43. The fourth-order valence-electron chi connectivity index (χ4n) is 4.38. The SMILES string of the molecule is CC(C)(C(=O)N1CCN(c2ccccc2)CC1)C(=O)N1CCCc2ccccc21. The van der Waals surface area contributed by atoms with Crippen LogP contribution in [0.5, 0.6) is 0 Å². The highest BCUT2D eigenvalue weighted by molar-refractivity contribution is 6.11. The molecule has 0 aliphatic carbocycles. The third kappa shape index (κ3) is 3.74. The molecule has 2 aromatic carbocycles. The highest BCUT2D eigenvalue weighted by Gasteiger charge is 2.43. The number of aryl methyl sites for hydroxylation is 1. The summed E-state index contributed by atoms with van der Waals surface area (Å²) in [6, 6.07) is 18.3. The number of benzene rings is 2. The van der Waals surface area contributed by atoms with Crippen molar-refractivity contribution in [2.45, 2.75) is 26.7 Å². The highest BCUT2D eigenvalue weighted by Crippen LogP contribution is 2.32. The van der Waals surface area contributed by atoms with E-state index < -0.39 is 5.41 Å². The molecule has 2 aliphatic heterocycles. The lowest BCUT2D eigenvalue weighted by atomic mass is 9.87. The van der Waals surface area contributed by atoms with Gasteiger partial charge in [-0.3, -0.25) is 9.59 Å². The van der Waals surface area contributed by atoms with Gasteiger partial charge in [0.25, 0.3) is 0 Å². The highest BCUT2D eigenvalue weighted by atomic mass is 16.2. The number of hydrogen-bond acceptors (Lipinski definition) is 3. The maximum Gasteiger partial charge on any atom is 0.242 e. The van der Waals surface area contributed by atoms with Gasteiger partial charge in [-0.1, -0.05) is 36.4 Å². The molecular formula is C24H29N3O2. The Kier molecular flexibility index (Phi) is 5.31. The number of carbonyl (C=O) groups is 2. The van der Waals surface area contributed by atoms with Crippen molar-refractivity contribution in [3.05, 3.63) is 60.2 Å². The summed E-state index contributed by atoms with van der Waals surface area (Å²) in [7, 11) is 0. The number of anilines is 2. The molecule has 4 rings (SSSR count). The van der Waals surface area contributed by atoms with Gasteiger partial charge < -0.3 is 14.7 Å². The largest absolute Gasteiger partial charge is 0.368 e. The van der Waals surface area contributed by atoms with Crippen molar-refractivity contribution in [1.29, 1.82) is 0 Å². The molecule has 29 heavy (non-hydrogen) atoms. The molecule has 1 saturated heterocycles. The first-order valence-corrected chi connectivity index (χ1v) is 10.5. The second-order valence-corrected chi connectivity index (χ2v) is 8.43. The van der Waals surface area contributed by atoms with Gasteiger partial charge in [0.05, 0.1) is 0 Å². The third-order valence-electron chi connectivity index (χ3n) is 6.11. The van der Waals surface area contributed by atoms with E-state index in [9.17, 15) is 9.59 Å². The van der Waals surface area contributed by atoms with Crippen LogP contribution in [0, 0.1) is 5.41 Å². The van der Waals surface area contributed by atoms with Gasteiger partial charge in [-0.15, -0.1) is 0 Å². The molecule has 2 amide bonds. The minimum absolute atomic E-state index is 0.0710. The van der Waals surface area contributed by atoms with Gasteiger partial charge >= 0.3 is 0 Å². The Morgan fingerprint density at radius 2 is 1.45 bits per heavy atom. The number of fused-ring (bicyclic) bond motifs is 1. The first-order valence-electron chi connectivity index (χ1n) is 10.5. The fourth-order valence-corrected chi connectivity index (χ4v) is 4.38. The lowest BCUT2D eigenvalue weighted by Crippen LogP contribution is -2.56. The fraction of sp³-hybridized carbons (Fsp3) is 0.417. The summed E-state index contributed by atoms with van der Waals surface area (Å²) in [5.41, 5.74) is 2.25. The zero-order valence-electron chi connectivity index (χ0n) is 17.3. The van der Waals surface area contributed by atoms with Crippen molar-refractivity contribution in [2.75, 3.05) is 42.5 Å². The van der Waals surface area contributed by atoms with Crippen molar-refractivity contribution in [1.82, 2.24) is 4.90 Å². The normalized spacial score (nSPS) is 17.1. The van der Waals surface area contributed by atoms with E-state index in [0.717, 1.165) is 31.6 Å². The van der Waals surface area contributed by atoms with Crippen LogP contribution in [0.15, 0.2) is 54.6 Å². The molecule has 2 aromatic rings. The van der Waals surface area contributed by atoms with E-state index in [0.29, 0.717) is 19.6 Å². The van der Waals surface area contributed by atoms with Gasteiger partial charge in [0, 0.05) is 44.1 Å². The molecule has 0 N–H and O–H groups in total. The van der Waals surface area contributed by atoms with Gasteiger partial charge in [-0.2, -0.15) is 0 Å². The van der Waals surface area contributed by atoms with Crippen LogP contribution in [0.2, 0.25) is 0 Å². The Labute approximate surface area is 172 Å². The average Bonchev–Trinajstić information content (AvgIpc) is 2.78. The first kappa shape index (κ1) is 19.5. The Morgan fingerprint density at radius 3 is 2.17 bits per heavy atom. The van der Waals surface area contributed by atoms with Crippen molar-refractivity contribution in [2.24, 2.45) is 5.41 Å². The van der Waals surface area contributed by atoms with Crippen LogP contribution in [0.25, 0.3) is 0 Å². The summed E-state index contributed by atoms with van der Waals surface area (Å²) in [5, 5.41) is 0. The lowest BCUT2D eigenvalue weighted by molar-refractivity contribution is -0.147. The Balaban J connectivity index is 1.45. The zero-order valence-corrected chi connectivity index (χ0v) is 17.3. The molecule has 152 valence electrons. The number of piperazine rings is 1. The molecule has 0 saturated carbocycles. The van der Waals surface area contributed by atoms with E-state index in [1.807, 2.05) is 46.2 Å². The van der Waals surface area contributed by atoms with E-state index in [1.165, 1.54) is 11.3 Å². The predicted molar refractivity (Wildman–Crippen MR) is 116 cm³/mol. The molecule has 5 nitrogen and oxygen atoms in total. The summed E-state index contributed by atoms with van der Waals surface area (Å²) >= 11 is 0. The number of hydrogen-bond donors (Lipinski definition) is 0. The van der Waals surface area contributed by atoms with Crippen molar-refractivity contribution >= 4 is 23.2 Å². The van der Waals surface area contributed by atoms with Crippen molar-refractivity contribution in [3.8, 4) is 0 Å². The summed E-state index contributed by atoms with van der Waals surface area (Å²) in [5.74, 6) is -0.168. The van der Waals surface area contributed by atoms with Gasteiger partial charge in [0.1, 0.15) is 5.41 Å². The Bertz CT molecular complexity index is 886. The summed E-state index contributed by atoms with van der Waals surface area (Å²) in [6.45, 7) is 7.08. The number of carbonyl (C=O) groups excluding carboxylic acids is 2. The number of nitrogens with zero attached hydrogens (tertiary/aromatic N) is 3. The number of para-hydroxylation sites is 2. The molecular weight excluding hydrogens is 362 g/mol. The quantitative estimate of drug-likeness (QED) is 0.754. The van der Waals surface area contributed by atoms with E-state index >= 15 is 0 Å². The van der Waals surface area contributed by atoms with Crippen LogP contribution in [-0.2, 0) is 16.0 Å². The van der Waals surface area contributed by atoms with Crippen molar-refractivity contribution in [3.63, 3.8) is 0 Å². The monoisotopic (exact) mass is 391 g/mol. The Morgan fingerprint density at radius 1 is 0.793 bits per heavy atom. The average molecular weight is 392 g/mol. The van der Waals surface area contributed by atoms with Gasteiger partial charge in [0.15, 0.2) is 0 Å². The van der Waals surface area contributed by atoms with E-state index in [-0.39, 0.29) is 11.8 Å². The maximum absolute atomic E-state index is 13.4. The first-order chi connectivity index (χ1) is 14.0. The molecule has 0 atom stereocenters. The minimum atomic E-state index is -1.07. The third-order valence-corrected chi connectivity index (χ3v) is 6.11.